The van der Waals surface area contributed by atoms with Crippen LogP contribution in [0.5, 0.6) is 0 Å². The number of hydrogen-bond donors (Lipinski definition) is 0. The third kappa shape index (κ3) is 22.6. The molecule has 0 saturated heterocycles. The molecule has 1 atom stereocenters. The van der Waals surface area contributed by atoms with Gasteiger partial charge in [0, 0.05) is 19.8 Å². The highest BCUT2D eigenvalue weighted by molar-refractivity contribution is 5.97. The summed E-state index contributed by atoms with van der Waals surface area (Å²) in [6.45, 7) is 23.8. The average molecular weight is 383 g/mol. The first kappa shape index (κ1) is 33.2. The molecule has 3 heteroatoms. The number of ketones is 1. The van der Waals surface area contributed by atoms with Crippen molar-refractivity contribution < 1.29 is 4.79 Å². The van der Waals surface area contributed by atoms with E-state index in [0.717, 1.165) is 11.6 Å². The Labute approximate surface area is 172 Å². The number of hydrogen-bond acceptors (Lipinski definition) is 3. The average Bonchev–Trinajstić information content (AvgIpc) is 2.63. The van der Waals surface area contributed by atoms with Gasteiger partial charge in [-0.3, -0.25) is 4.79 Å². The summed E-state index contributed by atoms with van der Waals surface area (Å²) in [6.07, 6.45) is 8.52. The Bertz CT molecular complexity index is 403. The fraction of sp³-hybridized carbons (Fsp3) is 0.750. The fourth-order valence-electron chi connectivity index (χ4n) is 2.20. The maximum atomic E-state index is 11.3. The summed E-state index contributed by atoms with van der Waals surface area (Å²) < 4.78 is 0. The lowest BCUT2D eigenvalue weighted by atomic mass is 10.00. The number of rotatable bonds is 9. The lowest BCUT2D eigenvalue weighted by Crippen LogP contribution is -2.15. The molecule has 0 aromatic rings. The second-order valence-corrected chi connectivity index (χ2v) is 6.49. The topological polar surface area (TPSA) is 32.7 Å². The lowest BCUT2D eigenvalue weighted by molar-refractivity contribution is -0.113. The van der Waals surface area contributed by atoms with Crippen LogP contribution in [0.3, 0.4) is 0 Å². The van der Waals surface area contributed by atoms with Crippen LogP contribution in [0.25, 0.3) is 0 Å². The number of Topliss-reactive ketones (excluding diaryl/α,β-unsaturated/α-hetero) is 1. The lowest BCUT2D eigenvalue weighted by Gasteiger charge is -2.15. The van der Waals surface area contributed by atoms with Gasteiger partial charge in [-0.25, -0.2) is 4.99 Å². The van der Waals surface area contributed by atoms with Gasteiger partial charge in [0.25, 0.3) is 0 Å². The van der Waals surface area contributed by atoms with Crippen LogP contribution in [0.15, 0.2) is 29.0 Å². The fourth-order valence-corrected chi connectivity index (χ4v) is 2.20. The monoisotopic (exact) mass is 382 g/mol. The molecule has 0 aliphatic rings. The zero-order valence-electron chi connectivity index (χ0n) is 20.7. The highest BCUT2D eigenvalue weighted by atomic mass is 16.1. The molecular formula is C24H50N2O. The smallest absolute Gasteiger partial charge is 0.163 e. The van der Waals surface area contributed by atoms with Crippen molar-refractivity contribution in [2.45, 2.75) is 101 Å². The van der Waals surface area contributed by atoms with Gasteiger partial charge in [0.1, 0.15) is 5.82 Å². The molecule has 0 rings (SSSR count). The van der Waals surface area contributed by atoms with E-state index in [0.29, 0.717) is 11.4 Å². The summed E-state index contributed by atoms with van der Waals surface area (Å²) in [5.41, 5.74) is 1.46. The van der Waals surface area contributed by atoms with Gasteiger partial charge in [-0.15, -0.1) is 0 Å². The minimum absolute atomic E-state index is 0.0197. The molecule has 0 aromatic carbocycles. The third-order valence-corrected chi connectivity index (χ3v) is 3.41. The van der Waals surface area contributed by atoms with Gasteiger partial charge in [-0.1, -0.05) is 93.2 Å². The van der Waals surface area contributed by atoms with Crippen molar-refractivity contribution >= 4 is 11.5 Å². The normalized spacial score (nSPS) is 11.0. The maximum absolute atomic E-state index is 11.3. The first-order chi connectivity index (χ1) is 12.7. The van der Waals surface area contributed by atoms with E-state index in [4.69, 9.17) is 0 Å². The quantitative estimate of drug-likeness (QED) is 0.233. The van der Waals surface area contributed by atoms with Crippen LogP contribution in [0, 0.1) is 5.92 Å². The van der Waals surface area contributed by atoms with E-state index in [1.165, 1.54) is 39.0 Å². The zero-order valence-corrected chi connectivity index (χ0v) is 20.7. The minimum Gasteiger partial charge on any atom is -0.362 e. The van der Waals surface area contributed by atoms with Crippen molar-refractivity contribution in [1.29, 1.82) is 0 Å². The molecule has 27 heavy (non-hydrogen) atoms. The van der Waals surface area contributed by atoms with Crippen LogP contribution in [-0.2, 0) is 4.79 Å². The summed E-state index contributed by atoms with van der Waals surface area (Å²) in [7, 11) is 3.71. The molecule has 1 unspecified atom stereocenters. The standard InChI is InChI=1S/C11H18N2O.C9H20.2C2H6/c1-7-10(9(4)14)11(13(5)6)12-8(2)3;1-4-6-8-9(3)7-5-2;2*1-2/h7H,1H2,2-6H3;9H,4-8H2,1-3H3;2*1-2H3/b11-10-;;;. The second-order valence-electron chi connectivity index (χ2n) is 6.49. The van der Waals surface area contributed by atoms with Crippen LogP contribution in [0.1, 0.15) is 101 Å². The van der Waals surface area contributed by atoms with Crippen molar-refractivity contribution in [3.63, 3.8) is 0 Å². The van der Waals surface area contributed by atoms with Crippen LogP contribution < -0.4 is 0 Å². The van der Waals surface area contributed by atoms with E-state index in [1.807, 2.05) is 60.5 Å². The molecule has 0 N–H and O–H groups in total. The number of allylic oxidation sites excluding steroid dienone is 2. The maximum Gasteiger partial charge on any atom is 0.163 e. The van der Waals surface area contributed by atoms with Gasteiger partial charge in [0.05, 0.1) is 5.57 Å². The molecule has 0 heterocycles. The SMILES string of the molecule is C=C/C(C(C)=O)=C(\N=C(C)C)N(C)C.CC.CC.CCCCC(C)CCC. The number of aliphatic imine (C=N–C) groups is 1. The van der Waals surface area contributed by atoms with Gasteiger partial charge < -0.3 is 4.90 Å². The Hall–Kier alpha value is -1.38. The molecule has 0 radical (unpaired) electrons. The molecule has 0 amide bonds. The molecule has 0 bridgehead atoms. The molecule has 0 aliphatic heterocycles. The van der Waals surface area contributed by atoms with Gasteiger partial charge in [-0.2, -0.15) is 0 Å². The van der Waals surface area contributed by atoms with E-state index < -0.39 is 0 Å². The van der Waals surface area contributed by atoms with Crippen LogP contribution in [-0.4, -0.2) is 30.5 Å². The van der Waals surface area contributed by atoms with E-state index in [9.17, 15) is 4.79 Å². The molecule has 0 spiro atoms. The molecule has 0 aromatic heterocycles. The van der Waals surface area contributed by atoms with Gasteiger partial charge in [-0.05, 0) is 26.7 Å². The predicted octanol–water partition coefficient (Wildman–Crippen LogP) is 7.68. The molecule has 0 saturated carbocycles. The molecule has 3 nitrogen and oxygen atoms in total. The van der Waals surface area contributed by atoms with Crippen molar-refractivity contribution in [3.05, 3.63) is 24.0 Å². The predicted molar refractivity (Wildman–Crippen MR) is 127 cm³/mol. The number of carbonyl (C=O) groups excluding carboxylic acids is 1. The van der Waals surface area contributed by atoms with Crippen LogP contribution >= 0.6 is 0 Å². The number of carbonyl (C=O) groups is 1. The van der Waals surface area contributed by atoms with Crippen molar-refractivity contribution in [2.75, 3.05) is 14.1 Å². The Morgan fingerprint density at radius 2 is 1.48 bits per heavy atom. The summed E-state index contributed by atoms with van der Waals surface area (Å²) in [5, 5.41) is 0. The highest BCUT2D eigenvalue weighted by Gasteiger charge is 2.09. The van der Waals surface area contributed by atoms with Gasteiger partial charge in [0.2, 0.25) is 0 Å². The Morgan fingerprint density at radius 1 is 1.00 bits per heavy atom. The van der Waals surface area contributed by atoms with Crippen molar-refractivity contribution in [3.8, 4) is 0 Å². The van der Waals surface area contributed by atoms with E-state index in [-0.39, 0.29) is 5.78 Å². The Kier molecular flexibility index (Phi) is 30.3. The minimum atomic E-state index is -0.0197. The van der Waals surface area contributed by atoms with E-state index in [2.05, 4.69) is 32.3 Å². The first-order valence-corrected chi connectivity index (χ1v) is 10.8. The third-order valence-electron chi connectivity index (χ3n) is 3.41. The van der Waals surface area contributed by atoms with E-state index in [1.54, 1.807) is 6.08 Å². The molecule has 0 fully saturated rings. The van der Waals surface area contributed by atoms with Gasteiger partial charge >= 0.3 is 0 Å². The summed E-state index contributed by atoms with van der Waals surface area (Å²) in [6, 6.07) is 0. The summed E-state index contributed by atoms with van der Waals surface area (Å²) in [4.78, 5) is 17.4. The Morgan fingerprint density at radius 3 is 1.74 bits per heavy atom. The van der Waals surface area contributed by atoms with Crippen LogP contribution in [0.2, 0.25) is 0 Å². The Balaban J connectivity index is -0.000000175. The molecular weight excluding hydrogens is 332 g/mol. The first-order valence-electron chi connectivity index (χ1n) is 10.8. The highest BCUT2D eigenvalue weighted by Crippen LogP contribution is 2.13. The largest absolute Gasteiger partial charge is 0.362 e. The number of nitrogens with zero attached hydrogens (tertiary/aromatic N) is 2. The van der Waals surface area contributed by atoms with Crippen molar-refractivity contribution in [2.24, 2.45) is 10.9 Å². The zero-order chi connectivity index (χ0) is 22.4. The van der Waals surface area contributed by atoms with Crippen LogP contribution in [0.4, 0.5) is 0 Å². The van der Waals surface area contributed by atoms with E-state index >= 15 is 0 Å². The second kappa shape index (κ2) is 24.6. The number of unbranched alkanes of at least 4 members (excludes halogenated alkanes) is 1. The van der Waals surface area contributed by atoms with Gasteiger partial charge in [0.15, 0.2) is 5.78 Å². The molecule has 162 valence electrons. The van der Waals surface area contributed by atoms with Crippen molar-refractivity contribution in [1.82, 2.24) is 4.90 Å². The molecule has 0 aliphatic carbocycles. The summed E-state index contributed by atoms with van der Waals surface area (Å²) >= 11 is 0. The summed E-state index contributed by atoms with van der Waals surface area (Å²) in [5.74, 6) is 1.61.